The van der Waals surface area contributed by atoms with Crippen molar-refractivity contribution >= 4 is 5.91 Å². The van der Waals surface area contributed by atoms with Gasteiger partial charge in [-0.2, -0.15) is 0 Å². The summed E-state index contributed by atoms with van der Waals surface area (Å²) in [5.74, 6) is 0.980. The van der Waals surface area contributed by atoms with Crippen LogP contribution in [0.25, 0.3) is 0 Å². The number of hydrogen-bond donors (Lipinski definition) is 2. The number of hydrogen-bond acceptors (Lipinski definition) is 4. The molecule has 0 bridgehead atoms. The highest BCUT2D eigenvalue weighted by molar-refractivity contribution is 5.82. The zero-order chi connectivity index (χ0) is 16.1. The van der Waals surface area contributed by atoms with E-state index in [0.29, 0.717) is 18.6 Å². The second-order valence-electron chi connectivity index (χ2n) is 6.84. The number of carbonyl (C=O) groups is 1. The van der Waals surface area contributed by atoms with Crippen LogP contribution in [0.15, 0.2) is 30.3 Å². The first-order chi connectivity index (χ1) is 11.2. The Morgan fingerprint density at radius 3 is 2.83 bits per heavy atom. The molecule has 3 rings (SSSR count). The Labute approximate surface area is 138 Å². The molecule has 1 amide bonds. The largest absolute Gasteiger partial charge is 0.492 e. The quantitative estimate of drug-likeness (QED) is 0.803. The molecule has 2 fully saturated rings. The van der Waals surface area contributed by atoms with Crippen LogP contribution in [-0.2, 0) is 4.79 Å². The van der Waals surface area contributed by atoms with Gasteiger partial charge in [0.25, 0.3) is 0 Å². The fourth-order valence-electron chi connectivity index (χ4n) is 3.86. The van der Waals surface area contributed by atoms with Gasteiger partial charge >= 0.3 is 0 Å². The molecule has 126 valence electrons. The number of carbonyl (C=O) groups excluding carboxylic acids is 1. The van der Waals surface area contributed by atoms with Gasteiger partial charge in [-0.25, -0.2) is 0 Å². The minimum absolute atomic E-state index is 0.00447. The van der Waals surface area contributed by atoms with E-state index in [1.807, 2.05) is 30.3 Å². The van der Waals surface area contributed by atoms with Gasteiger partial charge in [-0.1, -0.05) is 18.2 Å². The maximum atomic E-state index is 12.5. The van der Waals surface area contributed by atoms with Crippen LogP contribution in [0.5, 0.6) is 5.75 Å². The standard InChI is InChI=1S/C18H27N3O2/c1-21-14-18(7-9-19-10-8-18)13-16(21)17(22)20-11-12-23-15-5-3-2-4-6-15/h2-6,16,19H,7-14H2,1H3,(H,20,22)/t16-/m1/s1. The molecule has 1 spiro atoms. The highest BCUT2D eigenvalue weighted by Crippen LogP contribution is 2.41. The minimum Gasteiger partial charge on any atom is -0.492 e. The van der Waals surface area contributed by atoms with Gasteiger partial charge in [0.05, 0.1) is 12.6 Å². The lowest BCUT2D eigenvalue weighted by Crippen LogP contribution is -2.42. The second-order valence-corrected chi connectivity index (χ2v) is 6.84. The molecule has 2 heterocycles. The number of nitrogens with one attached hydrogen (secondary N) is 2. The number of benzene rings is 1. The minimum atomic E-state index is 0.00447. The molecule has 1 aromatic carbocycles. The summed E-state index contributed by atoms with van der Waals surface area (Å²) >= 11 is 0. The Kier molecular flexibility index (Phi) is 5.18. The molecule has 0 unspecified atom stereocenters. The smallest absolute Gasteiger partial charge is 0.237 e. The van der Waals surface area contributed by atoms with Crippen molar-refractivity contribution in [1.82, 2.24) is 15.5 Å². The number of piperidine rings is 1. The highest BCUT2D eigenvalue weighted by Gasteiger charge is 2.45. The van der Waals surface area contributed by atoms with E-state index in [-0.39, 0.29) is 11.9 Å². The van der Waals surface area contributed by atoms with Gasteiger partial charge in [0.1, 0.15) is 12.4 Å². The van der Waals surface area contributed by atoms with Crippen molar-refractivity contribution in [3.8, 4) is 5.75 Å². The molecule has 2 saturated heterocycles. The summed E-state index contributed by atoms with van der Waals surface area (Å²) in [5.41, 5.74) is 0.336. The van der Waals surface area contributed by atoms with E-state index in [4.69, 9.17) is 4.74 Å². The van der Waals surface area contributed by atoms with Crippen LogP contribution in [0.4, 0.5) is 0 Å². The lowest BCUT2D eigenvalue weighted by atomic mass is 9.77. The van der Waals surface area contributed by atoms with Crippen molar-refractivity contribution in [2.75, 3.05) is 39.8 Å². The molecule has 0 radical (unpaired) electrons. The van der Waals surface area contributed by atoms with Gasteiger partial charge in [0, 0.05) is 6.54 Å². The van der Waals surface area contributed by atoms with Crippen molar-refractivity contribution in [3.63, 3.8) is 0 Å². The Hall–Kier alpha value is -1.59. The summed E-state index contributed by atoms with van der Waals surface area (Å²) in [6.45, 7) is 4.24. The molecule has 1 atom stereocenters. The zero-order valence-electron chi connectivity index (χ0n) is 13.9. The lowest BCUT2D eigenvalue weighted by Gasteiger charge is -2.33. The van der Waals surface area contributed by atoms with Crippen molar-refractivity contribution in [2.45, 2.75) is 25.3 Å². The van der Waals surface area contributed by atoms with Crippen LogP contribution in [0, 0.1) is 5.41 Å². The third-order valence-electron chi connectivity index (χ3n) is 5.12. The Morgan fingerprint density at radius 2 is 2.09 bits per heavy atom. The van der Waals surface area contributed by atoms with Gasteiger partial charge in [-0.05, 0) is 56.9 Å². The SMILES string of the molecule is CN1CC2(CCNCC2)C[C@@H]1C(=O)NCCOc1ccccc1. The first-order valence-corrected chi connectivity index (χ1v) is 8.55. The van der Waals surface area contributed by atoms with E-state index in [1.165, 1.54) is 12.8 Å². The number of rotatable bonds is 5. The van der Waals surface area contributed by atoms with Crippen LogP contribution in [0.3, 0.4) is 0 Å². The Morgan fingerprint density at radius 1 is 1.35 bits per heavy atom. The van der Waals surface area contributed by atoms with Crippen molar-refractivity contribution < 1.29 is 9.53 Å². The predicted molar refractivity (Wildman–Crippen MR) is 90.5 cm³/mol. The number of likely N-dealkylation sites (N-methyl/N-ethyl adjacent to an activating group) is 1. The molecule has 5 heteroatoms. The fraction of sp³-hybridized carbons (Fsp3) is 0.611. The number of likely N-dealkylation sites (tertiary alicyclic amines) is 1. The number of nitrogens with zero attached hydrogens (tertiary/aromatic N) is 1. The molecule has 2 aliphatic rings. The van der Waals surface area contributed by atoms with Crippen molar-refractivity contribution in [1.29, 1.82) is 0 Å². The average Bonchev–Trinajstić information content (AvgIpc) is 2.89. The summed E-state index contributed by atoms with van der Waals surface area (Å²) < 4.78 is 5.62. The molecule has 2 N–H and O–H groups in total. The van der Waals surface area contributed by atoms with E-state index < -0.39 is 0 Å². The first kappa shape index (κ1) is 16.3. The summed E-state index contributed by atoms with van der Waals surface area (Å²) in [5, 5.41) is 6.44. The maximum Gasteiger partial charge on any atom is 0.237 e. The van der Waals surface area contributed by atoms with E-state index in [9.17, 15) is 4.79 Å². The molecular formula is C18H27N3O2. The monoisotopic (exact) mass is 317 g/mol. The topological polar surface area (TPSA) is 53.6 Å². The van der Waals surface area contributed by atoms with Crippen LogP contribution in [0.1, 0.15) is 19.3 Å². The fourth-order valence-corrected chi connectivity index (χ4v) is 3.86. The van der Waals surface area contributed by atoms with Crippen molar-refractivity contribution in [2.24, 2.45) is 5.41 Å². The molecule has 1 aromatic rings. The third kappa shape index (κ3) is 4.03. The second kappa shape index (κ2) is 7.32. The lowest BCUT2D eigenvalue weighted by molar-refractivity contribution is -0.125. The molecule has 2 aliphatic heterocycles. The Bertz CT molecular complexity index is 514. The van der Waals surface area contributed by atoms with Crippen LogP contribution in [-0.4, -0.2) is 56.7 Å². The molecule has 0 aromatic heterocycles. The van der Waals surface area contributed by atoms with E-state index in [2.05, 4.69) is 22.6 Å². The number of amides is 1. The molecule has 23 heavy (non-hydrogen) atoms. The van der Waals surface area contributed by atoms with Gasteiger partial charge in [-0.3, -0.25) is 9.69 Å². The molecule has 5 nitrogen and oxygen atoms in total. The third-order valence-corrected chi connectivity index (χ3v) is 5.12. The Balaban J connectivity index is 1.43. The number of ether oxygens (including phenoxy) is 1. The number of para-hydroxylation sites is 1. The maximum absolute atomic E-state index is 12.5. The molecular weight excluding hydrogens is 290 g/mol. The average molecular weight is 317 g/mol. The van der Waals surface area contributed by atoms with E-state index in [1.54, 1.807) is 0 Å². The van der Waals surface area contributed by atoms with Gasteiger partial charge in [0.2, 0.25) is 5.91 Å². The van der Waals surface area contributed by atoms with E-state index in [0.717, 1.165) is 31.8 Å². The molecule has 0 aliphatic carbocycles. The normalized spacial score (nSPS) is 23.8. The van der Waals surface area contributed by atoms with Crippen molar-refractivity contribution in [3.05, 3.63) is 30.3 Å². The summed E-state index contributed by atoms with van der Waals surface area (Å²) in [6, 6.07) is 9.70. The predicted octanol–water partition coefficient (Wildman–Crippen LogP) is 1.26. The van der Waals surface area contributed by atoms with Gasteiger partial charge < -0.3 is 15.4 Å². The van der Waals surface area contributed by atoms with Crippen LogP contribution in [0.2, 0.25) is 0 Å². The van der Waals surface area contributed by atoms with Crippen LogP contribution >= 0.6 is 0 Å². The van der Waals surface area contributed by atoms with Gasteiger partial charge in [-0.15, -0.1) is 0 Å². The summed E-state index contributed by atoms with van der Waals surface area (Å²) in [7, 11) is 2.07. The molecule has 0 saturated carbocycles. The van der Waals surface area contributed by atoms with Crippen LogP contribution < -0.4 is 15.4 Å². The summed E-state index contributed by atoms with van der Waals surface area (Å²) in [4.78, 5) is 14.7. The highest BCUT2D eigenvalue weighted by atomic mass is 16.5. The van der Waals surface area contributed by atoms with Gasteiger partial charge in [0.15, 0.2) is 0 Å². The summed E-state index contributed by atoms with van der Waals surface area (Å²) in [6.07, 6.45) is 3.34. The van der Waals surface area contributed by atoms with E-state index >= 15 is 0 Å². The zero-order valence-corrected chi connectivity index (χ0v) is 13.9. The first-order valence-electron chi connectivity index (χ1n) is 8.55.